The fourth-order valence-electron chi connectivity index (χ4n) is 3.31. The van der Waals surface area contributed by atoms with Gasteiger partial charge >= 0.3 is 0 Å². The Kier molecular flexibility index (Phi) is 5.87. The molecule has 1 aromatic heterocycles. The molecule has 1 heterocycles. The summed E-state index contributed by atoms with van der Waals surface area (Å²) in [4.78, 5) is 25.5. The van der Waals surface area contributed by atoms with Crippen molar-refractivity contribution in [1.29, 1.82) is 0 Å². The number of amides is 2. The third kappa shape index (κ3) is 3.97. The van der Waals surface area contributed by atoms with Crippen molar-refractivity contribution in [3.8, 4) is 16.9 Å². The summed E-state index contributed by atoms with van der Waals surface area (Å²) in [5.74, 6) is -0.844. The number of nitrogens with two attached hydrogens (primary N) is 1. The smallest absolute Gasteiger partial charge is 0.267 e. The highest BCUT2D eigenvalue weighted by molar-refractivity contribution is 7.21. The zero-order valence-corrected chi connectivity index (χ0v) is 18.6. The second kappa shape index (κ2) is 8.59. The predicted octanol–water partition coefficient (Wildman–Crippen LogP) is 6.23. The Morgan fingerprint density at radius 1 is 1.00 bits per heavy atom. The standard InChI is InChI=1S/C23H16Cl2N2O3S/c1-30-20-14(12-6-8-13(24)9-7-12)10-11-16(22(26)28)19(20)27-23(29)21-18(25)15-4-2-3-5-17(15)31-21/h2-11H,1H3,(H2,26,28)(H,27,29). The molecule has 8 heteroatoms. The lowest BCUT2D eigenvalue weighted by Gasteiger charge is -2.17. The highest BCUT2D eigenvalue weighted by Crippen LogP contribution is 2.41. The number of rotatable bonds is 5. The van der Waals surface area contributed by atoms with E-state index in [-0.39, 0.29) is 11.3 Å². The average molecular weight is 471 g/mol. The van der Waals surface area contributed by atoms with Crippen molar-refractivity contribution >= 4 is 62.1 Å². The van der Waals surface area contributed by atoms with Gasteiger partial charge < -0.3 is 15.8 Å². The summed E-state index contributed by atoms with van der Waals surface area (Å²) < 4.78 is 6.48. The van der Waals surface area contributed by atoms with E-state index in [2.05, 4.69) is 5.32 Å². The van der Waals surface area contributed by atoms with E-state index in [4.69, 9.17) is 33.7 Å². The number of fused-ring (bicyclic) bond motifs is 1. The van der Waals surface area contributed by atoms with Crippen LogP contribution in [0.5, 0.6) is 5.75 Å². The van der Waals surface area contributed by atoms with E-state index in [0.717, 1.165) is 15.6 Å². The highest BCUT2D eigenvalue weighted by atomic mass is 35.5. The maximum Gasteiger partial charge on any atom is 0.267 e. The van der Waals surface area contributed by atoms with E-state index in [1.54, 1.807) is 24.3 Å². The van der Waals surface area contributed by atoms with Gasteiger partial charge in [-0.2, -0.15) is 0 Å². The van der Waals surface area contributed by atoms with Crippen LogP contribution >= 0.6 is 34.5 Å². The number of primary amides is 1. The van der Waals surface area contributed by atoms with Crippen molar-refractivity contribution in [3.63, 3.8) is 0 Å². The van der Waals surface area contributed by atoms with Crippen LogP contribution in [-0.2, 0) is 0 Å². The summed E-state index contributed by atoms with van der Waals surface area (Å²) >= 11 is 13.7. The van der Waals surface area contributed by atoms with Gasteiger partial charge in [-0.05, 0) is 35.9 Å². The molecule has 0 radical (unpaired) electrons. The molecule has 31 heavy (non-hydrogen) atoms. The molecule has 0 bridgehead atoms. The maximum atomic E-state index is 13.1. The lowest BCUT2D eigenvalue weighted by molar-refractivity contribution is 0.100. The Hall–Kier alpha value is -3.06. The minimum atomic E-state index is -0.696. The minimum absolute atomic E-state index is 0.125. The molecule has 0 saturated heterocycles. The summed E-state index contributed by atoms with van der Waals surface area (Å²) in [6.07, 6.45) is 0. The molecule has 0 aliphatic heterocycles. The fraction of sp³-hybridized carbons (Fsp3) is 0.0435. The van der Waals surface area contributed by atoms with Crippen molar-refractivity contribution in [2.24, 2.45) is 5.73 Å². The molecule has 4 aromatic rings. The van der Waals surface area contributed by atoms with E-state index in [1.165, 1.54) is 18.4 Å². The van der Waals surface area contributed by atoms with Crippen LogP contribution in [0.2, 0.25) is 10.0 Å². The van der Waals surface area contributed by atoms with Gasteiger partial charge in [0.05, 0.1) is 23.4 Å². The monoisotopic (exact) mass is 470 g/mol. The predicted molar refractivity (Wildman–Crippen MR) is 127 cm³/mol. The van der Waals surface area contributed by atoms with Crippen molar-refractivity contribution < 1.29 is 14.3 Å². The molecular formula is C23H16Cl2N2O3S. The third-order valence-corrected chi connectivity index (χ3v) is 6.69. The Balaban J connectivity index is 1.82. The minimum Gasteiger partial charge on any atom is -0.494 e. The molecule has 0 fully saturated rings. The first-order valence-corrected chi connectivity index (χ1v) is 10.7. The number of anilines is 1. The number of benzene rings is 3. The molecule has 4 rings (SSSR count). The van der Waals surface area contributed by atoms with Crippen LogP contribution in [-0.4, -0.2) is 18.9 Å². The first kappa shape index (κ1) is 21.2. The zero-order chi connectivity index (χ0) is 22.1. The topological polar surface area (TPSA) is 81.4 Å². The fourth-order valence-corrected chi connectivity index (χ4v) is 4.85. The molecule has 0 aliphatic carbocycles. The van der Waals surface area contributed by atoms with Gasteiger partial charge in [0.25, 0.3) is 11.8 Å². The third-order valence-electron chi connectivity index (χ3n) is 4.76. The van der Waals surface area contributed by atoms with E-state index >= 15 is 0 Å². The number of ether oxygens (including phenoxy) is 1. The van der Waals surface area contributed by atoms with Crippen LogP contribution in [0.25, 0.3) is 21.2 Å². The van der Waals surface area contributed by atoms with E-state index in [1.807, 2.05) is 36.4 Å². The second-order valence-corrected chi connectivity index (χ2v) is 8.50. The molecule has 3 N–H and O–H groups in total. The summed E-state index contributed by atoms with van der Waals surface area (Å²) in [5, 5.41) is 4.52. The zero-order valence-electron chi connectivity index (χ0n) is 16.2. The molecule has 2 amide bonds. The largest absolute Gasteiger partial charge is 0.494 e. The molecule has 0 atom stereocenters. The number of carbonyl (C=O) groups excluding carboxylic acids is 2. The molecule has 156 valence electrons. The molecule has 0 aliphatic rings. The molecule has 0 unspecified atom stereocenters. The van der Waals surface area contributed by atoms with Crippen LogP contribution in [0, 0.1) is 0 Å². The number of carbonyl (C=O) groups is 2. The number of nitrogens with one attached hydrogen (secondary N) is 1. The van der Waals surface area contributed by atoms with E-state index in [9.17, 15) is 9.59 Å². The van der Waals surface area contributed by atoms with Gasteiger partial charge in [-0.1, -0.05) is 53.5 Å². The molecular weight excluding hydrogens is 455 g/mol. The number of halogens is 2. The number of hydrogen-bond donors (Lipinski definition) is 2. The van der Waals surface area contributed by atoms with Gasteiger partial charge in [0.1, 0.15) is 4.88 Å². The van der Waals surface area contributed by atoms with Crippen LogP contribution in [0.4, 0.5) is 5.69 Å². The quantitative estimate of drug-likeness (QED) is 0.362. The van der Waals surface area contributed by atoms with E-state index < -0.39 is 11.8 Å². The van der Waals surface area contributed by atoms with Gasteiger partial charge in [0.2, 0.25) is 0 Å². The van der Waals surface area contributed by atoms with Crippen LogP contribution in [0.1, 0.15) is 20.0 Å². The van der Waals surface area contributed by atoms with Crippen molar-refractivity contribution in [2.75, 3.05) is 12.4 Å². The Bertz CT molecular complexity index is 1320. The number of methoxy groups -OCH3 is 1. The SMILES string of the molecule is COc1c(-c2ccc(Cl)cc2)ccc(C(N)=O)c1NC(=O)c1sc2ccccc2c1Cl. The Morgan fingerprint density at radius 3 is 2.35 bits per heavy atom. The van der Waals surface area contributed by atoms with Crippen molar-refractivity contribution in [2.45, 2.75) is 0 Å². The van der Waals surface area contributed by atoms with Gasteiger partial charge in [-0.25, -0.2) is 0 Å². The first-order chi connectivity index (χ1) is 14.9. The second-order valence-electron chi connectivity index (χ2n) is 6.64. The molecule has 5 nitrogen and oxygen atoms in total. The summed E-state index contributed by atoms with van der Waals surface area (Å²) in [7, 11) is 1.46. The molecule has 0 saturated carbocycles. The first-order valence-electron chi connectivity index (χ1n) is 9.15. The van der Waals surface area contributed by atoms with Crippen LogP contribution in [0.15, 0.2) is 60.7 Å². The normalized spacial score (nSPS) is 10.8. The number of hydrogen-bond acceptors (Lipinski definition) is 4. The van der Waals surface area contributed by atoms with Crippen molar-refractivity contribution in [1.82, 2.24) is 0 Å². The molecule has 0 spiro atoms. The summed E-state index contributed by atoms with van der Waals surface area (Å²) in [6, 6.07) is 17.9. The van der Waals surface area contributed by atoms with Crippen LogP contribution in [0.3, 0.4) is 0 Å². The van der Waals surface area contributed by atoms with Gasteiger partial charge in [0.15, 0.2) is 5.75 Å². The average Bonchev–Trinajstić information content (AvgIpc) is 3.10. The van der Waals surface area contributed by atoms with E-state index in [0.29, 0.717) is 26.2 Å². The maximum absolute atomic E-state index is 13.1. The van der Waals surface area contributed by atoms with Gasteiger partial charge in [0, 0.05) is 20.7 Å². The number of thiophene rings is 1. The van der Waals surface area contributed by atoms with Gasteiger partial charge in [-0.3, -0.25) is 9.59 Å². The Morgan fingerprint density at radius 2 is 1.71 bits per heavy atom. The lowest BCUT2D eigenvalue weighted by atomic mass is 10.00. The van der Waals surface area contributed by atoms with Crippen LogP contribution < -0.4 is 15.8 Å². The summed E-state index contributed by atoms with van der Waals surface area (Å²) in [6.45, 7) is 0. The molecule has 3 aromatic carbocycles. The van der Waals surface area contributed by atoms with Crippen molar-refractivity contribution in [3.05, 3.63) is 81.1 Å². The Labute approximate surface area is 192 Å². The highest BCUT2D eigenvalue weighted by Gasteiger charge is 2.23. The summed E-state index contributed by atoms with van der Waals surface area (Å²) in [5.41, 5.74) is 7.34. The van der Waals surface area contributed by atoms with Gasteiger partial charge in [-0.15, -0.1) is 11.3 Å². The lowest BCUT2D eigenvalue weighted by Crippen LogP contribution is -2.19.